The molecule has 1 aromatic heterocycles. The number of rotatable bonds is 5. The van der Waals surface area contributed by atoms with Gasteiger partial charge in [0.1, 0.15) is 0 Å². The standard InChI is InChI=1S/C17H30N4O/c1-2-21-13-16(11-18-21)12-20-9-6-10-22-17(15-20)14-19-7-4-3-5-8-19/h11,13,17H,2-10,12,14-15H2,1H3. The molecule has 0 N–H and O–H groups in total. The fraction of sp³-hybridized carbons (Fsp3) is 0.824. The van der Waals surface area contributed by atoms with Crippen LogP contribution in [-0.4, -0.2) is 65.0 Å². The van der Waals surface area contributed by atoms with Crippen LogP contribution in [0.15, 0.2) is 12.4 Å². The van der Waals surface area contributed by atoms with Crippen molar-refractivity contribution in [1.29, 1.82) is 0 Å². The van der Waals surface area contributed by atoms with Crippen molar-refractivity contribution in [3.8, 4) is 0 Å². The molecule has 0 spiro atoms. The summed E-state index contributed by atoms with van der Waals surface area (Å²) in [5.41, 5.74) is 1.32. The lowest BCUT2D eigenvalue weighted by atomic mass is 10.1. The van der Waals surface area contributed by atoms with Crippen LogP contribution >= 0.6 is 0 Å². The summed E-state index contributed by atoms with van der Waals surface area (Å²) in [5, 5.41) is 4.39. The summed E-state index contributed by atoms with van der Waals surface area (Å²) in [5.74, 6) is 0. The van der Waals surface area contributed by atoms with Gasteiger partial charge in [-0.2, -0.15) is 5.10 Å². The third-order valence-electron chi connectivity index (χ3n) is 4.76. The molecule has 22 heavy (non-hydrogen) atoms. The zero-order valence-corrected chi connectivity index (χ0v) is 13.9. The molecule has 5 heteroatoms. The highest BCUT2D eigenvalue weighted by atomic mass is 16.5. The molecule has 0 aromatic carbocycles. The summed E-state index contributed by atoms with van der Waals surface area (Å²) in [7, 11) is 0. The van der Waals surface area contributed by atoms with Crippen molar-refractivity contribution in [2.45, 2.75) is 51.8 Å². The van der Waals surface area contributed by atoms with Gasteiger partial charge in [0.15, 0.2) is 0 Å². The molecule has 5 nitrogen and oxygen atoms in total. The largest absolute Gasteiger partial charge is 0.376 e. The van der Waals surface area contributed by atoms with Crippen molar-refractivity contribution in [3.05, 3.63) is 18.0 Å². The van der Waals surface area contributed by atoms with Gasteiger partial charge < -0.3 is 9.64 Å². The molecule has 2 saturated heterocycles. The van der Waals surface area contributed by atoms with Crippen LogP contribution in [0.1, 0.15) is 38.2 Å². The molecule has 3 heterocycles. The predicted octanol–water partition coefficient (Wildman–Crippen LogP) is 1.98. The maximum absolute atomic E-state index is 6.10. The number of likely N-dealkylation sites (tertiary alicyclic amines) is 1. The Hall–Kier alpha value is -0.910. The monoisotopic (exact) mass is 306 g/mol. The Labute approximate surface area is 134 Å². The van der Waals surface area contributed by atoms with E-state index in [2.05, 4.69) is 28.0 Å². The van der Waals surface area contributed by atoms with Gasteiger partial charge in [-0.15, -0.1) is 0 Å². The SMILES string of the molecule is CCn1cc(CN2CCCOC(CN3CCCCC3)C2)cn1. The van der Waals surface area contributed by atoms with Gasteiger partial charge in [0.2, 0.25) is 0 Å². The van der Waals surface area contributed by atoms with Crippen molar-refractivity contribution in [3.63, 3.8) is 0 Å². The van der Waals surface area contributed by atoms with Crippen LogP contribution in [0.5, 0.6) is 0 Å². The summed E-state index contributed by atoms with van der Waals surface area (Å²) in [6.45, 7) is 10.8. The maximum atomic E-state index is 6.10. The Morgan fingerprint density at radius 2 is 1.95 bits per heavy atom. The number of ether oxygens (including phenoxy) is 1. The first-order chi connectivity index (χ1) is 10.8. The first kappa shape index (κ1) is 16.0. The van der Waals surface area contributed by atoms with Gasteiger partial charge in [-0.3, -0.25) is 9.58 Å². The Kier molecular flexibility index (Phi) is 5.87. The zero-order chi connectivity index (χ0) is 15.2. The molecule has 1 atom stereocenters. The minimum absolute atomic E-state index is 0.363. The predicted molar refractivity (Wildman–Crippen MR) is 87.8 cm³/mol. The van der Waals surface area contributed by atoms with Gasteiger partial charge in [0.05, 0.1) is 12.3 Å². The first-order valence-electron chi connectivity index (χ1n) is 8.91. The lowest BCUT2D eigenvalue weighted by Crippen LogP contribution is -2.42. The molecule has 124 valence electrons. The lowest BCUT2D eigenvalue weighted by molar-refractivity contribution is 0.0217. The molecule has 2 aliphatic rings. The van der Waals surface area contributed by atoms with Gasteiger partial charge in [-0.25, -0.2) is 0 Å². The fourth-order valence-corrected chi connectivity index (χ4v) is 3.57. The molecule has 0 aliphatic carbocycles. The van der Waals surface area contributed by atoms with E-state index in [1.165, 1.54) is 37.9 Å². The molecule has 2 fully saturated rings. The number of piperidine rings is 1. The van der Waals surface area contributed by atoms with E-state index in [4.69, 9.17) is 4.74 Å². The van der Waals surface area contributed by atoms with E-state index in [-0.39, 0.29) is 0 Å². The molecular formula is C17H30N4O. The quantitative estimate of drug-likeness (QED) is 0.833. The molecular weight excluding hydrogens is 276 g/mol. The topological polar surface area (TPSA) is 33.5 Å². The van der Waals surface area contributed by atoms with Crippen LogP contribution in [0.3, 0.4) is 0 Å². The van der Waals surface area contributed by atoms with Gasteiger partial charge >= 0.3 is 0 Å². The van der Waals surface area contributed by atoms with Crippen LogP contribution in [0.25, 0.3) is 0 Å². The molecule has 0 amide bonds. The Bertz CT molecular complexity index is 442. The molecule has 0 radical (unpaired) electrons. The molecule has 2 aliphatic heterocycles. The Balaban J connectivity index is 1.52. The third kappa shape index (κ3) is 4.54. The van der Waals surface area contributed by atoms with Crippen LogP contribution in [0.2, 0.25) is 0 Å². The summed E-state index contributed by atoms with van der Waals surface area (Å²) >= 11 is 0. The van der Waals surface area contributed by atoms with E-state index >= 15 is 0 Å². The minimum Gasteiger partial charge on any atom is -0.376 e. The zero-order valence-electron chi connectivity index (χ0n) is 13.9. The van der Waals surface area contributed by atoms with Crippen LogP contribution in [0.4, 0.5) is 0 Å². The number of hydrogen-bond acceptors (Lipinski definition) is 4. The van der Waals surface area contributed by atoms with Crippen LogP contribution in [0, 0.1) is 0 Å². The third-order valence-corrected chi connectivity index (χ3v) is 4.76. The average molecular weight is 306 g/mol. The fourth-order valence-electron chi connectivity index (χ4n) is 3.57. The minimum atomic E-state index is 0.363. The maximum Gasteiger partial charge on any atom is 0.0828 e. The van der Waals surface area contributed by atoms with E-state index in [0.717, 1.165) is 45.8 Å². The lowest BCUT2D eigenvalue weighted by Gasteiger charge is -2.31. The highest BCUT2D eigenvalue weighted by molar-refractivity contribution is 5.03. The van der Waals surface area contributed by atoms with Crippen LogP contribution in [-0.2, 0) is 17.8 Å². The van der Waals surface area contributed by atoms with E-state index in [9.17, 15) is 0 Å². The van der Waals surface area contributed by atoms with Crippen molar-refractivity contribution >= 4 is 0 Å². The number of aryl methyl sites for hydroxylation is 1. The average Bonchev–Trinajstić information content (AvgIpc) is 2.88. The molecule has 1 aromatic rings. The van der Waals surface area contributed by atoms with Gasteiger partial charge in [-0.1, -0.05) is 6.42 Å². The highest BCUT2D eigenvalue weighted by Gasteiger charge is 2.22. The second-order valence-electron chi connectivity index (χ2n) is 6.65. The van der Waals surface area contributed by atoms with E-state index in [1.807, 2.05) is 10.9 Å². The highest BCUT2D eigenvalue weighted by Crippen LogP contribution is 2.14. The van der Waals surface area contributed by atoms with Gasteiger partial charge in [-0.05, 0) is 39.3 Å². The van der Waals surface area contributed by atoms with Crippen LogP contribution < -0.4 is 0 Å². The van der Waals surface area contributed by atoms with Crippen molar-refractivity contribution < 1.29 is 4.74 Å². The summed E-state index contributed by atoms with van der Waals surface area (Å²) < 4.78 is 8.10. The molecule has 1 unspecified atom stereocenters. The van der Waals surface area contributed by atoms with Gasteiger partial charge in [0, 0.05) is 51.1 Å². The summed E-state index contributed by atoms with van der Waals surface area (Å²) in [6.07, 6.45) is 9.79. The number of hydrogen-bond donors (Lipinski definition) is 0. The molecule has 0 bridgehead atoms. The molecule has 3 rings (SSSR count). The van der Waals surface area contributed by atoms with Gasteiger partial charge in [0.25, 0.3) is 0 Å². The Morgan fingerprint density at radius 1 is 1.14 bits per heavy atom. The van der Waals surface area contributed by atoms with E-state index in [0.29, 0.717) is 6.10 Å². The molecule has 0 saturated carbocycles. The second kappa shape index (κ2) is 8.09. The Morgan fingerprint density at radius 3 is 2.73 bits per heavy atom. The van der Waals surface area contributed by atoms with E-state index < -0.39 is 0 Å². The number of aromatic nitrogens is 2. The van der Waals surface area contributed by atoms with Crippen molar-refractivity contribution in [2.75, 3.05) is 39.3 Å². The van der Waals surface area contributed by atoms with E-state index in [1.54, 1.807) is 0 Å². The smallest absolute Gasteiger partial charge is 0.0828 e. The second-order valence-corrected chi connectivity index (χ2v) is 6.65. The van der Waals surface area contributed by atoms with Crippen molar-refractivity contribution in [2.24, 2.45) is 0 Å². The first-order valence-corrected chi connectivity index (χ1v) is 8.91. The normalized spacial score (nSPS) is 25.2. The van der Waals surface area contributed by atoms with Crippen molar-refractivity contribution in [1.82, 2.24) is 19.6 Å². The number of nitrogens with zero attached hydrogens (tertiary/aromatic N) is 4. The summed E-state index contributed by atoms with van der Waals surface area (Å²) in [4.78, 5) is 5.13. The summed E-state index contributed by atoms with van der Waals surface area (Å²) in [6, 6.07) is 0.